The summed E-state index contributed by atoms with van der Waals surface area (Å²) in [7, 11) is 1.68. The molecule has 2 heterocycles. The zero-order valence-electron chi connectivity index (χ0n) is 14.4. The molecule has 0 aliphatic carbocycles. The number of carbonyl (C=O) groups excluding carboxylic acids is 3. The normalized spacial score (nSPS) is 25.0. The van der Waals surface area contributed by atoms with Crippen LogP contribution in [0.1, 0.15) is 25.3 Å². The Morgan fingerprint density at radius 1 is 1.36 bits per heavy atom. The van der Waals surface area contributed by atoms with Crippen molar-refractivity contribution in [3.63, 3.8) is 0 Å². The van der Waals surface area contributed by atoms with Gasteiger partial charge in [-0.05, 0) is 18.9 Å². The van der Waals surface area contributed by atoms with Crippen molar-refractivity contribution in [2.24, 2.45) is 0 Å². The Balaban J connectivity index is 1.52. The number of likely N-dealkylation sites (N-methyl/N-ethyl adjacent to an activating group) is 1. The van der Waals surface area contributed by atoms with E-state index in [4.69, 9.17) is 4.74 Å². The molecule has 3 rings (SSSR count). The minimum Gasteiger partial charge on any atom is -0.454 e. The largest absolute Gasteiger partial charge is 0.454 e. The second-order valence-electron chi connectivity index (χ2n) is 6.61. The number of thioether (sulfide) groups is 1. The van der Waals surface area contributed by atoms with Crippen LogP contribution >= 0.6 is 11.8 Å². The molecule has 7 heteroatoms. The van der Waals surface area contributed by atoms with E-state index in [0.717, 1.165) is 12.0 Å². The molecule has 1 aromatic rings. The summed E-state index contributed by atoms with van der Waals surface area (Å²) < 4.78 is 5.21. The van der Waals surface area contributed by atoms with Gasteiger partial charge in [0.05, 0.1) is 4.87 Å². The highest BCUT2D eigenvalue weighted by atomic mass is 32.2. The summed E-state index contributed by atoms with van der Waals surface area (Å²) >= 11 is 1.61. The first-order chi connectivity index (χ1) is 11.9. The topological polar surface area (TPSA) is 66.9 Å². The molecule has 0 saturated carbocycles. The first-order valence-corrected chi connectivity index (χ1v) is 9.30. The summed E-state index contributed by atoms with van der Waals surface area (Å²) in [5, 5.41) is 0. The number of nitrogens with zero attached hydrogens (tertiary/aromatic N) is 2. The summed E-state index contributed by atoms with van der Waals surface area (Å²) in [4.78, 5) is 39.5. The molecule has 0 unspecified atom stereocenters. The second-order valence-corrected chi connectivity index (χ2v) is 8.11. The van der Waals surface area contributed by atoms with Crippen LogP contribution in [0.4, 0.5) is 0 Å². The molecule has 2 fully saturated rings. The van der Waals surface area contributed by atoms with E-state index in [0.29, 0.717) is 18.7 Å². The van der Waals surface area contributed by atoms with Gasteiger partial charge in [0.15, 0.2) is 6.61 Å². The van der Waals surface area contributed by atoms with Crippen LogP contribution in [-0.4, -0.2) is 57.9 Å². The van der Waals surface area contributed by atoms with E-state index in [2.05, 4.69) is 0 Å². The molecule has 1 aromatic carbocycles. The lowest BCUT2D eigenvalue weighted by Crippen LogP contribution is -2.47. The van der Waals surface area contributed by atoms with Gasteiger partial charge in [0, 0.05) is 25.8 Å². The number of hydrogen-bond acceptors (Lipinski definition) is 5. The maximum atomic E-state index is 12.4. The molecule has 2 saturated heterocycles. The van der Waals surface area contributed by atoms with Gasteiger partial charge in [0.1, 0.15) is 6.04 Å². The monoisotopic (exact) mass is 362 g/mol. The predicted molar refractivity (Wildman–Crippen MR) is 94.6 cm³/mol. The van der Waals surface area contributed by atoms with Crippen molar-refractivity contribution in [3.05, 3.63) is 35.9 Å². The van der Waals surface area contributed by atoms with Gasteiger partial charge in [-0.25, -0.2) is 4.79 Å². The van der Waals surface area contributed by atoms with Gasteiger partial charge in [0.25, 0.3) is 5.91 Å². The van der Waals surface area contributed by atoms with Gasteiger partial charge in [-0.3, -0.25) is 9.59 Å². The van der Waals surface area contributed by atoms with Crippen molar-refractivity contribution >= 4 is 29.5 Å². The number of ether oxygens (including phenoxy) is 1. The molecule has 0 radical (unpaired) electrons. The Labute approximate surface area is 151 Å². The van der Waals surface area contributed by atoms with Crippen LogP contribution < -0.4 is 0 Å². The molecule has 134 valence electrons. The molecule has 2 atom stereocenters. The zero-order chi connectivity index (χ0) is 18.0. The summed E-state index contributed by atoms with van der Waals surface area (Å²) in [5.74, 6) is -0.247. The summed E-state index contributed by atoms with van der Waals surface area (Å²) in [6.07, 6.45) is 1.21. The van der Waals surface area contributed by atoms with Crippen molar-refractivity contribution in [3.8, 4) is 0 Å². The lowest BCUT2D eigenvalue weighted by atomic mass is 10.2. The number of hydrogen-bond donors (Lipinski definition) is 0. The fraction of sp³-hybridized carbons (Fsp3) is 0.500. The van der Waals surface area contributed by atoms with Crippen LogP contribution in [0.25, 0.3) is 0 Å². The SMILES string of the molecule is CN(Cc1ccccc1)C(=O)COC(=O)[C@H]1CS[C@]2(C)CCC(=O)N12. The van der Waals surface area contributed by atoms with Gasteiger partial charge in [-0.2, -0.15) is 0 Å². The minimum atomic E-state index is -0.586. The van der Waals surface area contributed by atoms with Crippen molar-refractivity contribution in [1.29, 1.82) is 0 Å². The van der Waals surface area contributed by atoms with Crippen LogP contribution in [0.2, 0.25) is 0 Å². The van der Waals surface area contributed by atoms with Crippen LogP contribution in [-0.2, 0) is 25.7 Å². The Kier molecular flexibility index (Phi) is 5.03. The highest BCUT2D eigenvalue weighted by Crippen LogP contribution is 2.47. The van der Waals surface area contributed by atoms with Crippen LogP contribution in [0.15, 0.2) is 30.3 Å². The van der Waals surface area contributed by atoms with Gasteiger partial charge >= 0.3 is 5.97 Å². The Morgan fingerprint density at radius 3 is 2.80 bits per heavy atom. The third kappa shape index (κ3) is 3.66. The molecular formula is C18H22N2O4S. The van der Waals surface area contributed by atoms with E-state index < -0.39 is 12.0 Å². The molecule has 2 aliphatic rings. The second kappa shape index (κ2) is 7.07. The molecule has 2 amide bonds. The lowest BCUT2D eigenvalue weighted by molar-refractivity contribution is -0.158. The highest BCUT2D eigenvalue weighted by molar-refractivity contribution is 8.01. The van der Waals surface area contributed by atoms with Crippen molar-refractivity contribution in [1.82, 2.24) is 9.80 Å². The molecular weight excluding hydrogens is 340 g/mol. The van der Waals surface area contributed by atoms with E-state index in [1.54, 1.807) is 23.7 Å². The molecule has 0 aromatic heterocycles. The zero-order valence-corrected chi connectivity index (χ0v) is 15.3. The fourth-order valence-electron chi connectivity index (χ4n) is 3.28. The predicted octanol–water partition coefficient (Wildman–Crippen LogP) is 1.64. The van der Waals surface area contributed by atoms with Crippen molar-refractivity contribution in [2.75, 3.05) is 19.4 Å². The molecule has 0 bridgehead atoms. The van der Waals surface area contributed by atoms with Crippen molar-refractivity contribution < 1.29 is 19.1 Å². The van der Waals surface area contributed by atoms with Crippen molar-refractivity contribution in [2.45, 2.75) is 37.2 Å². The van der Waals surface area contributed by atoms with E-state index in [9.17, 15) is 14.4 Å². The Bertz CT molecular complexity index is 681. The lowest BCUT2D eigenvalue weighted by Gasteiger charge is -2.29. The van der Waals surface area contributed by atoms with Gasteiger partial charge < -0.3 is 14.5 Å². The highest BCUT2D eigenvalue weighted by Gasteiger charge is 2.53. The average Bonchev–Trinajstić information content (AvgIpc) is 3.09. The third-order valence-corrected chi connectivity index (χ3v) is 6.25. The van der Waals surface area contributed by atoms with E-state index in [1.807, 2.05) is 37.3 Å². The number of carbonyl (C=O) groups is 3. The molecule has 2 aliphatic heterocycles. The van der Waals surface area contributed by atoms with Gasteiger partial charge in [0.2, 0.25) is 5.91 Å². The number of fused-ring (bicyclic) bond motifs is 1. The first kappa shape index (κ1) is 17.8. The van der Waals surface area contributed by atoms with E-state index >= 15 is 0 Å². The summed E-state index contributed by atoms with van der Waals surface area (Å²) in [6, 6.07) is 9.03. The van der Waals surface area contributed by atoms with Crippen LogP contribution in [0.3, 0.4) is 0 Å². The maximum absolute atomic E-state index is 12.4. The summed E-state index contributed by atoms with van der Waals surface area (Å²) in [6.45, 7) is 2.13. The first-order valence-electron chi connectivity index (χ1n) is 8.31. The van der Waals surface area contributed by atoms with Gasteiger partial charge in [-0.15, -0.1) is 11.8 Å². The number of rotatable bonds is 5. The summed E-state index contributed by atoms with van der Waals surface area (Å²) in [5.41, 5.74) is 1.01. The minimum absolute atomic E-state index is 0.0121. The standard InChI is InChI=1S/C18H22N2O4S/c1-18-9-8-15(21)20(18)14(12-25-18)17(23)24-11-16(22)19(2)10-13-6-4-3-5-7-13/h3-7,14H,8-12H2,1-2H3/t14-,18-/m1/s1. The Hall–Kier alpha value is -2.02. The third-order valence-electron chi connectivity index (χ3n) is 4.74. The molecule has 6 nitrogen and oxygen atoms in total. The fourth-order valence-corrected chi connectivity index (χ4v) is 4.70. The average molecular weight is 362 g/mol. The number of esters is 1. The van der Waals surface area contributed by atoms with E-state index in [1.165, 1.54) is 4.90 Å². The quantitative estimate of drug-likeness (QED) is 0.745. The van der Waals surface area contributed by atoms with Crippen LogP contribution in [0, 0.1) is 0 Å². The smallest absolute Gasteiger partial charge is 0.330 e. The maximum Gasteiger partial charge on any atom is 0.330 e. The Morgan fingerprint density at radius 2 is 2.08 bits per heavy atom. The van der Waals surface area contributed by atoms with Gasteiger partial charge in [-0.1, -0.05) is 30.3 Å². The molecule has 25 heavy (non-hydrogen) atoms. The van der Waals surface area contributed by atoms with E-state index in [-0.39, 0.29) is 23.3 Å². The number of amides is 2. The number of benzene rings is 1. The van der Waals surface area contributed by atoms with Crippen LogP contribution in [0.5, 0.6) is 0 Å². The molecule has 0 spiro atoms. The molecule has 0 N–H and O–H groups in total.